The Hall–Kier alpha value is -3.66. The second-order valence-corrected chi connectivity index (χ2v) is 8.98. The lowest BCUT2D eigenvalue weighted by Crippen LogP contribution is -2.38. The number of carbonyl (C=O) groups excluding carboxylic acids is 2. The molecule has 33 heavy (non-hydrogen) atoms. The number of hydrogen-bond acceptors (Lipinski definition) is 3. The van der Waals surface area contributed by atoms with Gasteiger partial charge in [0, 0.05) is 19.6 Å². The summed E-state index contributed by atoms with van der Waals surface area (Å²) in [6, 6.07) is 24.5. The normalized spacial score (nSPS) is 15.9. The summed E-state index contributed by atoms with van der Waals surface area (Å²) < 4.78 is 0. The number of benzene rings is 3. The summed E-state index contributed by atoms with van der Waals surface area (Å²) in [6.45, 7) is 5.81. The minimum Gasteiger partial charge on any atom is -0.362 e. The molecule has 3 aromatic rings. The van der Waals surface area contributed by atoms with Crippen molar-refractivity contribution in [3.05, 3.63) is 112 Å². The highest BCUT2D eigenvalue weighted by atomic mass is 16.2. The predicted octanol–water partition coefficient (Wildman–Crippen LogP) is 4.68. The van der Waals surface area contributed by atoms with Crippen LogP contribution in [0, 0.1) is 13.8 Å². The molecule has 0 radical (unpaired) electrons. The van der Waals surface area contributed by atoms with E-state index in [1.54, 1.807) is 0 Å². The number of hydrogen-bond donors (Lipinski definition) is 0. The predicted molar refractivity (Wildman–Crippen MR) is 130 cm³/mol. The highest BCUT2D eigenvalue weighted by Gasteiger charge is 2.42. The Morgan fingerprint density at radius 2 is 1.55 bits per heavy atom. The van der Waals surface area contributed by atoms with E-state index in [2.05, 4.69) is 29.2 Å². The molecule has 0 atom stereocenters. The van der Waals surface area contributed by atoms with Gasteiger partial charge in [0.15, 0.2) is 0 Å². The number of nitrogens with zero attached hydrogens (tertiary/aromatic N) is 2. The highest BCUT2D eigenvalue weighted by Crippen LogP contribution is 2.35. The van der Waals surface area contributed by atoms with Gasteiger partial charge in [-0.3, -0.25) is 14.5 Å². The van der Waals surface area contributed by atoms with Gasteiger partial charge in [0.1, 0.15) is 5.70 Å². The molecule has 2 aliphatic rings. The molecule has 2 aliphatic heterocycles. The van der Waals surface area contributed by atoms with Crippen molar-refractivity contribution >= 4 is 17.4 Å². The number of imide groups is 1. The van der Waals surface area contributed by atoms with Gasteiger partial charge >= 0.3 is 0 Å². The Labute approximate surface area is 195 Å². The molecule has 3 aromatic carbocycles. The van der Waals surface area contributed by atoms with Gasteiger partial charge in [0.05, 0.1) is 5.57 Å². The summed E-state index contributed by atoms with van der Waals surface area (Å²) in [5.74, 6) is -0.359. The van der Waals surface area contributed by atoms with Crippen molar-refractivity contribution in [2.24, 2.45) is 0 Å². The summed E-state index contributed by atoms with van der Waals surface area (Å²) in [7, 11) is 0. The van der Waals surface area contributed by atoms with Gasteiger partial charge in [-0.05, 0) is 54.5 Å². The molecular formula is C29H28N2O2. The number of fused-ring (bicyclic) bond motifs is 1. The minimum absolute atomic E-state index is 0.176. The van der Waals surface area contributed by atoms with Crippen LogP contribution in [0.1, 0.15) is 33.4 Å². The summed E-state index contributed by atoms with van der Waals surface area (Å²) in [4.78, 5) is 31.0. The minimum atomic E-state index is -0.184. The SMILES string of the molecule is Cc1ccc(C2=C(N3CCc4ccccc4C3)C(=O)N(CCc3ccccc3)C2=O)c(C)c1. The van der Waals surface area contributed by atoms with Crippen LogP contribution in [0.15, 0.2) is 78.5 Å². The number of aryl methyl sites for hydroxylation is 2. The van der Waals surface area contributed by atoms with Crippen LogP contribution in [-0.4, -0.2) is 34.7 Å². The largest absolute Gasteiger partial charge is 0.362 e. The van der Waals surface area contributed by atoms with E-state index in [9.17, 15) is 9.59 Å². The van der Waals surface area contributed by atoms with Crippen LogP contribution in [-0.2, 0) is 29.0 Å². The van der Waals surface area contributed by atoms with Crippen LogP contribution in [0.4, 0.5) is 0 Å². The summed E-state index contributed by atoms with van der Waals surface area (Å²) >= 11 is 0. The Bertz CT molecular complexity index is 1260. The molecule has 0 saturated carbocycles. The first-order chi connectivity index (χ1) is 16.0. The first-order valence-electron chi connectivity index (χ1n) is 11.6. The van der Waals surface area contributed by atoms with E-state index in [4.69, 9.17) is 0 Å². The average Bonchev–Trinajstić information content (AvgIpc) is 3.07. The van der Waals surface area contributed by atoms with Crippen molar-refractivity contribution < 1.29 is 9.59 Å². The van der Waals surface area contributed by atoms with E-state index in [-0.39, 0.29) is 11.8 Å². The Morgan fingerprint density at radius 1 is 0.818 bits per heavy atom. The Balaban J connectivity index is 1.53. The fourth-order valence-electron chi connectivity index (χ4n) is 4.97. The second-order valence-electron chi connectivity index (χ2n) is 8.98. The third-order valence-corrected chi connectivity index (χ3v) is 6.71. The van der Waals surface area contributed by atoms with Gasteiger partial charge in [-0.1, -0.05) is 78.4 Å². The molecule has 0 bridgehead atoms. The molecule has 0 saturated heterocycles. The average molecular weight is 437 g/mol. The molecule has 2 heterocycles. The van der Waals surface area contributed by atoms with E-state index < -0.39 is 0 Å². The van der Waals surface area contributed by atoms with Crippen LogP contribution >= 0.6 is 0 Å². The lowest BCUT2D eigenvalue weighted by Gasteiger charge is -2.31. The molecular weight excluding hydrogens is 408 g/mol. The smallest absolute Gasteiger partial charge is 0.277 e. The van der Waals surface area contributed by atoms with E-state index in [1.807, 2.05) is 62.4 Å². The maximum absolute atomic E-state index is 13.7. The van der Waals surface area contributed by atoms with Gasteiger partial charge in [-0.25, -0.2) is 0 Å². The molecule has 0 unspecified atom stereocenters. The molecule has 2 amide bonds. The first kappa shape index (κ1) is 21.2. The van der Waals surface area contributed by atoms with Crippen LogP contribution in [0.5, 0.6) is 0 Å². The van der Waals surface area contributed by atoms with E-state index in [0.29, 0.717) is 30.8 Å². The summed E-state index contributed by atoms with van der Waals surface area (Å²) in [6.07, 6.45) is 1.51. The van der Waals surface area contributed by atoms with Crippen LogP contribution in [0.25, 0.3) is 5.57 Å². The second kappa shape index (κ2) is 8.70. The Morgan fingerprint density at radius 3 is 2.30 bits per heavy atom. The molecule has 0 aliphatic carbocycles. The number of carbonyl (C=O) groups is 2. The van der Waals surface area contributed by atoms with Crippen LogP contribution < -0.4 is 0 Å². The quantitative estimate of drug-likeness (QED) is 0.545. The van der Waals surface area contributed by atoms with E-state index >= 15 is 0 Å². The van der Waals surface area contributed by atoms with Crippen molar-refractivity contribution in [3.63, 3.8) is 0 Å². The zero-order valence-electron chi connectivity index (χ0n) is 19.2. The zero-order chi connectivity index (χ0) is 22.9. The van der Waals surface area contributed by atoms with E-state index in [1.165, 1.54) is 16.0 Å². The maximum atomic E-state index is 13.7. The van der Waals surface area contributed by atoms with Gasteiger partial charge < -0.3 is 4.90 Å². The topological polar surface area (TPSA) is 40.6 Å². The first-order valence-corrected chi connectivity index (χ1v) is 11.6. The molecule has 0 fully saturated rings. The molecule has 0 aromatic heterocycles. The van der Waals surface area contributed by atoms with Crippen molar-refractivity contribution in [1.82, 2.24) is 9.80 Å². The molecule has 4 heteroatoms. The van der Waals surface area contributed by atoms with Crippen molar-refractivity contribution in [2.75, 3.05) is 13.1 Å². The standard InChI is InChI=1S/C29H28N2O2/c1-20-12-13-25(21(2)18-20)26-27(30-16-15-23-10-6-7-11-24(23)19-30)29(33)31(28(26)32)17-14-22-8-4-3-5-9-22/h3-13,18H,14-17,19H2,1-2H3. The molecule has 0 spiro atoms. The van der Waals surface area contributed by atoms with Gasteiger partial charge in [-0.2, -0.15) is 0 Å². The van der Waals surface area contributed by atoms with E-state index in [0.717, 1.165) is 35.2 Å². The highest BCUT2D eigenvalue weighted by molar-refractivity contribution is 6.35. The van der Waals surface area contributed by atoms with Crippen molar-refractivity contribution in [3.8, 4) is 0 Å². The van der Waals surface area contributed by atoms with Gasteiger partial charge in [0.2, 0.25) is 0 Å². The van der Waals surface area contributed by atoms with Crippen molar-refractivity contribution in [1.29, 1.82) is 0 Å². The molecule has 166 valence electrons. The number of rotatable bonds is 5. The monoisotopic (exact) mass is 436 g/mol. The van der Waals surface area contributed by atoms with Gasteiger partial charge in [-0.15, -0.1) is 0 Å². The lowest BCUT2D eigenvalue weighted by atomic mass is 9.95. The third-order valence-electron chi connectivity index (χ3n) is 6.71. The van der Waals surface area contributed by atoms with Crippen LogP contribution in [0.2, 0.25) is 0 Å². The lowest BCUT2D eigenvalue weighted by molar-refractivity contribution is -0.137. The molecule has 5 rings (SSSR count). The fourth-order valence-corrected chi connectivity index (χ4v) is 4.97. The Kier molecular flexibility index (Phi) is 5.59. The zero-order valence-corrected chi connectivity index (χ0v) is 19.2. The molecule has 0 N–H and O–H groups in total. The van der Waals surface area contributed by atoms with Crippen molar-refractivity contribution in [2.45, 2.75) is 33.2 Å². The third kappa shape index (κ3) is 3.97. The fraction of sp³-hybridized carbons (Fsp3) is 0.241. The molecule has 4 nitrogen and oxygen atoms in total. The van der Waals surface area contributed by atoms with Gasteiger partial charge in [0.25, 0.3) is 11.8 Å². The van der Waals surface area contributed by atoms with Crippen LogP contribution in [0.3, 0.4) is 0 Å². The maximum Gasteiger partial charge on any atom is 0.277 e. The summed E-state index contributed by atoms with van der Waals surface area (Å²) in [5.41, 5.74) is 7.77. The number of amides is 2. The summed E-state index contributed by atoms with van der Waals surface area (Å²) in [5, 5.41) is 0.